The summed E-state index contributed by atoms with van der Waals surface area (Å²) < 4.78 is 0. The number of ketones is 1. The van der Waals surface area contributed by atoms with Crippen molar-refractivity contribution in [3.63, 3.8) is 0 Å². The molecule has 1 aliphatic heterocycles. The van der Waals surface area contributed by atoms with Gasteiger partial charge in [0.25, 0.3) is 5.78 Å². The first-order valence-electron chi connectivity index (χ1n) is 8.61. The van der Waals surface area contributed by atoms with Crippen molar-refractivity contribution in [1.29, 1.82) is 0 Å². The van der Waals surface area contributed by atoms with Crippen molar-refractivity contribution in [3.8, 4) is 0 Å². The molecular weight excluding hydrogens is 376 g/mol. The number of amides is 1. The molecule has 2 heterocycles. The molecule has 1 aliphatic rings. The van der Waals surface area contributed by atoms with Crippen LogP contribution >= 0.6 is 11.6 Å². The largest absolute Gasteiger partial charge is 0.507 e. The van der Waals surface area contributed by atoms with Gasteiger partial charge >= 0.3 is 5.91 Å². The van der Waals surface area contributed by atoms with E-state index in [0.717, 1.165) is 0 Å². The summed E-state index contributed by atoms with van der Waals surface area (Å²) in [6.07, 6.45) is 1.55. The van der Waals surface area contributed by atoms with Crippen molar-refractivity contribution >= 4 is 34.9 Å². The van der Waals surface area contributed by atoms with Crippen molar-refractivity contribution in [3.05, 3.63) is 101 Å². The summed E-state index contributed by atoms with van der Waals surface area (Å²) in [7, 11) is 0. The molecular formula is C22H15ClN2O3. The summed E-state index contributed by atoms with van der Waals surface area (Å²) in [4.78, 5) is 31.3. The molecule has 138 valence electrons. The number of pyridine rings is 1. The van der Waals surface area contributed by atoms with Gasteiger partial charge in [0.05, 0.1) is 11.6 Å². The maximum Gasteiger partial charge on any atom is 0.301 e. The van der Waals surface area contributed by atoms with E-state index in [1.165, 1.54) is 4.90 Å². The lowest BCUT2D eigenvalue weighted by Crippen LogP contribution is -2.30. The van der Waals surface area contributed by atoms with Gasteiger partial charge in [0.15, 0.2) is 0 Å². The molecule has 6 heteroatoms. The first-order chi connectivity index (χ1) is 13.6. The molecule has 1 amide bonds. The maximum absolute atomic E-state index is 12.9. The number of nitrogens with zero attached hydrogens (tertiary/aromatic N) is 2. The molecule has 0 aliphatic carbocycles. The van der Waals surface area contributed by atoms with E-state index in [9.17, 15) is 14.7 Å². The molecule has 0 saturated carbocycles. The maximum atomic E-state index is 12.9. The highest BCUT2D eigenvalue weighted by Crippen LogP contribution is 2.41. The van der Waals surface area contributed by atoms with Crippen LogP contribution in [-0.4, -0.2) is 21.8 Å². The number of hydrogen-bond donors (Lipinski definition) is 1. The summed E-state index contributed by atoms with van der Waals surface area (Å²) in [5.41, 5.74) is 1.12. The lowest BCUT2D eigenvalue weighted by Gasteiger charge is -2.24. The Morgan fingerprint density at radius 3 is 2.25 bits per heavy atom. The first-order valence-corrected chi connectivity index (χ1v) is 8.98. The average Bonchev–Trinajstić information content (AvgIpc) is 3.00. The van der Waals surface area contributed by atoms with E-state index in [1.54, 1.807) is 79.0 Å². The van der Waals surface area contributed by atoms with Crippen LogP contribution in [0.4, 0.5) is 5.82 Å². The van der Waals surface area contributed by atoms with Crippen LogP contribution in [0.1, 0.15) is 17.2 Å². The topological polar surface area (TPSA) is 70.5 Å². The van der Waals surface area contributed by atoms with Gasteiger partial charge in [-0.05, 0) is 29.8 Å². The van der Waals surface area contributed by atoms with E-state index in [2.05, 4.69) is 4.98 Å². The Hall–Kier alpha value is -3.44. The zero-order chi connectivity index (χ0) is 19.7. The molecule has 1 atom stereocenters. The van der Waals surface area contributed by atoms with Crippen molar-refractivity contribution in [2.75, 3.05) is 4.90 Å². The summed E-state index contributed by atoms with van der Waals surface area (Å²) in [6, 6.07) is 19.8. The zero-order valence-corrected chi connectivity index (χ0v) is 15.4. The van der Waals surface area contributed by atoms with E-state index < -0.39 is 17.7 Å². The number of aromatic nitrogens is 1. The normalized spacial score (nSPS) is 18.5. The number of rotatable bonds is 3. The Balaban J connectivity index is 1.95. The molecule has 4 rings (SSSR count). The minimum Gasteiger partial charge on any atom is -0.507 e. The second kappa shape index (κ2) is 7.29. The highest BCUT2D eigenvalue weighted by Gasteiger charge is 2.47. The highest BCUT2D eigenvalue weighted by atomic mass is 35.5. The Labute approximate surface area is 166 Å². The molecule has 28 heavy (non-hydrogen) atoms. The van der Waals surface area contributed by atoms with Gasteiger partial charge in [0.2, 0.25) is 0 Å². The minimum absolute atomic E-state index is 0.0178. The van der Waals surface area contributed by atoms with Gasteiger partial charge in [0.1, 0.15) is 11.6 Å². The van der Waals surface area contributed by atoms with Crippen LogP contribution < -0.4 is 4.90 Å². The third-order valence-electron chi connectivity index (χ3n) is 4.57. The lowest BCUT2D eigenvalue weighted by molar-refractivity contribution is -0.132. The monoisotopic (exact) mass is 390 g/mol. The molecule has 2 aromatic carbocycles. The Morgan fingerprint density at radius 2 is 1.61 bits per heavy atom. The second-order valence-electron chi connectivity index (χ2n) is 6.27. The fourth-order valence-corrected chi connectivity index (χ4v) is 3.40. The van der Waals surface area contributed by atoms with Crippen LogP contribution in [0.25, 0.3) is 5.76 Å². The van der Waals surface area contributed by atoms with Gasteiger partial charge in [0, 0.05) is 16.8 Å². The van der Waals surface area contributed by atoms with Crippen LogP contribution in [-0.2, 0) is 9.59 Å². The molecule has 3 aromatic rings. The van der Waals surface area contributed by atoms with E-state index >= 15 is 0 Å². The Morgan fingerprint density at radius 1 is 0.929 bits per heavy atom. The van der Waals surface area contributed by atoms with E-state index in [-0.39, 0.29) is 11.3 Å². The van der Waals surface area contributed by atoms with Crippen LogP contribution in [0.2, 0.25) is 5.02 Å². The number of benzene rings is 2. The summed E-state index contributed by atoms with van der Waals surface area (Å²) in [5.74, 6) is -1.39. The molecule has 1 fully saturated rings. The van der Waals surface area contributed by atoms with Crippen molar-refractivity contribution in [2.24, 2.45) is 0 Å². The van der Waals surface area contributed by atoms with Gasteiger partial charge in [-0.2, -0.15) is 0 Å². The smallest absolute Gasteiger partial charge is 0.301 e. The quantitative estimate of drug-likeness (QED) is 0.410. The molecule has 0 bridgehead atoms. The van der Waals surface area contributed by atoms with Gasteiger partial charge < -0.3 is 5.11 Å². The molecule has 1 unspecified atom stereocenters. The Bertz CT molecular complexity index is 1060. The van der Waals surface area contributed by atoms with Crippen molar-refractivity contribution < 1.29 is 14.7 Å². The number of carbonyl (C=O) groups excluding carboxylic acids is 2. The number of anilines is 1. The molecule has 0 spiro atoms. The second-order valence-corrected chi connectivity index (χ2v) is 6.71. The third kappa shape index (κ3) is 3.06. The summed E-state index contributed by atoms with van der Waals surface area (Å²) in [6.45, 7) is 0. The van der Waals surface area contributed by atoms with Crippen molar-refractivity contribution in [1.82, 2.24) is 4.98 Å². The summed E-state index contributed by atoms with van der Waals surface area (Å²) >= 11 is 6.00. The molecule has 1 aromatic heterocycles. The molecule has 1 N–H and O–H groups in total. The minimum atomic E-state index is -0.813. The van der Waals surface area contributed by atoms with Crippen molar-refractivity contribution in [2.45, 2.75) is 6.04 Å². The lowest BCUT2D eigenvalue weighted by atomic mass is 9.95. The SMILES string of the molecule is O=C1C(=O)N(c2ccccn2)C(c2ccc(Cl)cc2)/C1=C(/O)c1ccccc1. The number of Topliss-reactive ketones (excluding diaryl/α,β-unsaturated/α-hetero) is 1. The van der Waals surface area contributed by atoms with Gasteiger partial charge in [-0.1, -0.05) is 60.1 Å². The third-order valence-corrected chi connectivity index (χ3v) is 4.83. The zero-order valence-electron chi connectivity index (χ0n) is 14.6. The fraction of sp³-hybridized carbons (Fsp3) is 0.0455. The van der Waals surface area contributed by atoms with Gasteiger partial charge in [-0.3, -0.25) is 14.5 Å². The summed E-state index contributed by atoms with van der Waals surface area (Å²) in [5, 5.41) is 11.4. The van der Waals surface area contributed by atoms with Crippen LogP contribution in [0.15, 0.2) is 84.6 Å². The molecule has 0 radical (unpaired) electrons. The molecule has 5 nitrogen and oxygen atoms in total. The van der Waals surface area contributed by atoms with E-state index in [1.807, 2.05) is 0 Å². The number of aliphatic hydroxyl groups excluding tert-OH is 1. The van der Waals surface area contributed by atoms with Gasteiger partial charge in [-0.15, -0.1) is 0 Å². The average molecular weight is 391 g/mol. The number of aliphatic hydroxyl groups is 1. The van der Waals surface area contributed by atoms with E-state index in [4.69, 9.17) is 11.6 Å². The highest BCUT2D eigenvalue weighted by molar-refractivity contribution is 6.51. The standard InChI is InChI=1S/C22H15ClN2O3/c23-16-11-9-14(10-12-16)19-18(20(26)15-6-2-1-3-7-15)21(27)22(28)25(19)17-8-4-5-13-24-17/h1-13,19,26H/b20-18-. The Kier molecular flexibility index (Phi) is 4.67. The molecule has 1 saturated heterocycles. The number of carbonyl (C=O) groups is 2. The van der Waals surface area contributed by atoms with Crippen LogP contribution in [0.3, 0.4) is 0 Å². The van der Waals surface area contributed by atoms with Crippen LogP contribution in [0, 0.1) is 0 Å². The number of halogens is 1. The van der Waals surface area contributed by atoms with Crippen LogP contribution in [0.5, 0.6) is 0 Å². The van der Waals surface area contributed by atoms with Gasteiger partial charge in [-0.25, -0.2) is 4.98 Å². The fourth-order valence-electron chi connectivity index (χ4n) is 3.28. The first kappa shape index (κ1) is 17.9. The number of hydrogen-bond acceptors (Lipinski definition) is 4. The predicted octanol–water partition coefficient (Wildman–Crippen LogP) is 4.36. The predicted molar refractivity (Wildman–Crippen MR) is 107 cm³/mol. The van der Waals surface area contributed by atoms with E-state index in [0.29, 0.717) is 22.0 Å².